The number of alkyl halides is 1. The Morgan fingerprint density at radius 2 is 2.18 bits per heavy atom. The second-order valence-corrected chi connectivity index (χ2v) is 4.16. The summed E-state index contributed by atoms with van der Waals surface area (Å²) in [5.74, 6) is 0.816. The minimum atomic E-state index is 0.122. The highest BCUT2D eigenvalue weighted by Crippen LogP contribution is 2.43. The largest absolute Gasteiger partial charge is 0.376 e. The first-order valence-electron chi connectivity index (χ1n) is 4.12. The number of ether oxygens (including phenoxy) is 2. The lowest BCUT2D eigenvalue weighted by Gasteiger charge is -2.48. The number of halogens is 1. The SMILES string of the molecule is BrCC1CC2(COCCO2)C1. The molecule has 0 amide bonds. The molecule has 0 aromatic heterocycles. The Kier molecular flexibility index (Phi) is 2.21. The van der Waals surface area contributed by atoms with Crippen molar-refractivity contribution in [3.8, 4) is 0 Å². The van der Waals surface area contributed by atoms with Gasteiger partial charge in [0.05, 0.1) is 25.4 Å². The van der Waals surface area contributed by atoms with Crippen molar-refractivity contribution in [3.63, 3.8) is 0 Å². The molecule has 2 rings (SSSR count). The molecule has 1 spiro atoms. The molecule has 0 radical (unpaired) electrons. The van der Waals surface area contributed by atoms with Crippen LogP contribution in [0.4, 0.5) is 0 Å². The summed E-state index contributed by atoms with van der Waals surface area (Å²) in [5.41, 5.74) is 0.122. The Labute approximate surface area is 75.4 Å². The van der Waals surface area contributed by atoms with Gasteiger partial charge < -0.3 is 9.47 Å². The smallest absolute Gasteiger partial charge is 0.0921 e. The van der Waals surface area contributed by atoms with Crippen LogP contribution in [0, 0.1) is 5.92 Å². The molecule has 1 heterocycles. The van der Waals surface area contributed by atoms with Crippen LogP contribution in [-0.4, -0.2) is 30.8 Å². The second-order valence-electron chi connectivity index (χ2n) is 3.51. The third-order valence-corrected chi connectivity index (χ3v) is 3.46. The Hall–Kier alpha value is 0.400. The molecule has 1 saturated carbocycles. The van der Waals surface area contributed by atoms with Crippen LogP contribution in [0.25, 0.3) is 0 Å². The third-order valence-electron chi connectivity index (χ3n) is 2.54. The van der Waals surface area contributed by atoms with Crippen LogP contribution in [0.1, 0.15) is 12.8 Å². The molecule has 0 unspecified atom stereocenters. The molecule has 1 aliphatic heterocycles. The molecule has 1 saturated heterocycles. The second kappa shape index (κ2) is 3.04. The summed E-state index contributed by atoms with van der Waals surface area (Å²) in [4.78, 5) is 0. The first-order valence-corrected chi connectivity index (χ1v) is 5.24. The van der Waals surface area contributed by atoms with Crippen molar-refractivity contribution in [2.24, 2.45) is 5.92 Å². The van der Waals surface area contributed by atoms with Gasteiger partial charge in [-0.1, -0.05) is 15.9 Å². The number of hydrogen-bond donors (Lipinski definition) is 0. The van der Waals surface area contributed by atoms with E-state index in [1.165, 1.54) is 12.8 Å². The van der Waals surface area contributed by atoms with Gasteiger partial charge in [-0.25, -0.2) is 0 Å². The van der Waals surface area contributed by atoms with Crippen molar-refractivity contribution in [2.45, 2.75) is 18.4 Å². The van der Waals surface area contributed by atoms with Crippen molar-refractivity contribution in [3.05, 3.63) is 0 Å². The molecule has 2 nitrogen and oxygen atoms in total. The monoisotopic (exact) mass is 220 g/mol. The van der Waals surface area contributed by atoms with Crippen molar-refractivity contribution < 1.29 is 9.47 Å². The topological polar surface area (TPSA) is 18.5 Å². The van der Waals surface area contributed by atoms with Crippen LogP contribution in [0.3, 0.4) is 0 Å². The van der Waals surface area contributed by atoms with E-state index in [0.717, 1.165) is 31.1 Å². The Morgan fingerprint density at radius 3 is 2.73 bits per heavy atom. The predicted octanol–water partition coefficient (Wildman–Crippen LogP) is 1.58. The van der Waals surface area contributed by atoms with Gasteiger partial charge in [-0.3, -0.25) is 0 Å². The van der Waals surface area contributed by atoms with Gasteiger partial charge in [-0.15, -0.1) is 0 Å². The lowest BCUT2D eigenvalue weighted by Crippen LogP contribution is -2.53. The number of rotatable bonds is 1. The Morgan fingerprint density at radius 1 is 1.36 bits per heavy atom. The summed E-state index contributed by atoms with van der Waals surface area (Å²) in [6, 6.07) is 0. The minimum absolute atomic E-state index is 0.122. The third kappa shape index (κ3) is 1.46. The molecule has 11 heavy (non-hydrogen) atoms. The summed E-state index contributed by atoms with van der Waals surface area (Å²) in [7, 11) is 0. The van der Waals surface area contributed by atoms with Crippen molar-refractivity contribution in [1.82, 2.24) is 0 Å². The molecule has 0 N–H and O–H groups in total. The van der Waals surface area contributed by atoms with E-state index in [-0.39, 0.29) is 5.60 Å². The standard InChI is InChI=1S/C8H13BrO2/c9-5-7-3-8(4-7)6-10-1-2-11-8/h7H,1-6H2. The predicted molar refractivity (Wildman–Crippen MR) is 46.0 cm³/mol. The molecule has 64 valence electrons. The summed E-state index contributed by atoms with van der Waals surface area (Å²) in [6.07, 6.45) is 2.36. The quantitative estimate of drug-likeness (QED) is 0.626. The lowest BCUT2D eigenvalue weighted by molar-refractivity contribution is -0.206. The zero-order chi connectivity index (χ0) is 7.73. The highest BCUT2D eigenvalue weighted by atomic mass is 79.9. The normalized spacial score (nSPS) is 43.9. The Balaban J connectivity index is 1.84. The van der Waals surface area contributed by atoms with Crippen LogP contribution in [0.15, 0.2) is 0 Å². The lowest BCUT2D eigenvalue weighted by atomic mass is 9.72. The molecular formula is C8H13BrO2. The van der Waals surface area contributed by atoms with E-state index in [0.29, 0.717) is 0 Å². The summed E-state index contributed by atoms with van der Waals surface area (Å²) < 4.78 is 11.1. The van der Waals surface area contributed by atoms with Crippen molar-refractivity contribution in [2.75, 3.05) is 25.2 Å². The van der Waals surface area contributed by atoms with E-state index >= 15 is 0 Å². The summed E-state index contributed by atoms with van der Waals surface area (Å²) in [6.45, 7) is 2.38. The van der Waals surface area contributed by atoms with E-state index in [2.05, 4.69) is 15.9 Å². The highest BCUT2D eigenvalue weighted by molar-refractivity contribution is 9.09. The maximum atomic E-state index is 5.69. The molecule has 3 heteroatoms. The fourth-order valence-electron chi connectivity index (χ4n) is 1.95. The highest BCUT2D eigenvalue weighted by Gasteiger charge is 2.46. The molecule has 0 aromatic rings. The fraction of sp³-hybridized carbons (Fsp3) is 1.00. The van der Waals surface area contributed by atoms with Gasteiger partial charge in [0.2, 0.25) is 0 Å². The summed E-state index contributed by atoms with van der Waals surface area (Å²) >= 11 is 3.48. The van der Waals surface area contributed by atoms with Crippen molar-refractivity contribution in [1.29, 1.82) is 0 Å². The van der Waals surface area contributed by atoms with Gasteiger partial charge in [0.25, 0.3) is 0 Å². The zero-order valence-corrected chi connectivity index (χ0v) is 8.10. The first-order chi connectivity index (χ1) is 5.35. The maximum Gasteiger partial charge on any atom is 0.0921 e. The van der Waals surface area contributed by atoms with Crippen LogP contribution in [-0.2, 0) is 9.47 Å². The van der Waals surface area contributed by atoms with Crippen LogP contribution in [0.2, 0.25) is 0 Å². The van der Waals surface area contributed by atoms with Crippen molar-refractivity contribution >= 4 is 15.9 Å². The first kappa shape index (κ1) is 8.02. The molecular weight excluding hydrogens is 208 g/mol. The summed E-state index contributed by atoms with van der Waals surface area (Å²) in [5, 5.41) is 1.11. The number of hydrogen-bond acceptors (Lipinski definition) is 2. The molecule has 2 fully saturated rings. The van der Waals surface area contributed by atoms with Gasteiger partial charge in [-0.05, 0) is 18.8 Å². The average molecular weight is 221 g/mol. The van der Waals surface area contributed by atoms with E-state index in [1.807, 2.05) is 0 Å². The van der Waals surface area contributed by atoms with Gasteiger partial charge in [0.15, 0.2) is 0 Å². The van der Waals surface area contributed by atoms with E-state index in [1.54, 1.807) is 0 Å². The van der Waals surface area contributed by atoms with Gasteiger partial charge >= 0.3 is 0 Å². The molecule has 2 aliphatic rings. The molecule has 1 aliphatic carbocycles. The average Bonchev–Trinajstić information content (AvgIpc) is 2.01. The van der Waals surface area contributed by atoms with E-state index in [9.17, 15) is 0 Å². The van der Waals surface area contributed by atoms with E-state index < -0.39 is 0 Å². The van der Waals surface area contributed by atoms with E-state index in [4.69, 9.17) is 9.47 Å². The molecule has 0 atom stereocenters. The van der Waals surface area contributed by atoms with Crippen LogP contribution >= 0.6 is 15.9 Å². The molecule has 0 bridgehead atoms. The maximum absolute atomic E-state index is 5.69. The van der Waals surface area contributed by atoms with Crippen LogP contribution in [0.5, 0.6) is 0 Å². The van der Waals surface area contributed by atoms with Gasteiger partial charge in [0, 0.05) is 5.33 Å². The minimum Gasteiger partial charge on any atom is -0.376 e. The Bertz CT molecular complexity index is 135. The van der Waals surface area contributed by atoms with Crippen LogP contribution < -0.4 is 0 Å². The zero-order valence-electron chi connectivity index (χ0n) is 6.51. The molecule has 0 aromatic carbocycles. The fourth-order valence-corrected chi connectivity index (χ4v) is 2.41. The van der Waals surface area contributed by atoms with Gasteiger partial charge in [-0.2, -0.15) is 0 Å². The van der Waals surface area contributed by atoms with Gasteiger partial charge in [0.1, 0.15) is 0 Å².